The van der Waals surface area contributed by atoms with Crippen LogP contribution in [0, 0.1) is 18.2 Å². The Labute approximate surface area is 492 Å². The van der Waals surface area contributed by atoms with E-state index in [1.165, 1.54) is 29.8 Å². The van der Waals surface area contributed by atoms with Crippen molar-refractivity contribution in [2.24, 2.45) is 0 Å². The first-order valence-electron chi connectivity index (χ1n) is 27.9. The number of allylic oxidation sites excluding steroid dienone is 6. The topological polar surface area (TPSA) is 188 Å². The fourth-order valence-corrected chi connectivity index (χ4v) is 11.1. The molecule has 0 radical (unpaired) electrons. The molecule has 3 aliphatic rings. The van der Waals surface area contributed by atoms with Gasteiger partial charge in [-0.05, 0) is 97.8 Å². The standard InChI is InChI=1S/C61H73ClF2N6O12S/c1-6-49-41(3)55(62)50(7-2)81-48(36-70-22-20-69(4)21-23-70)38-79-47-12-13-51(44(34-47)35-52(60(71)72)82-58-54-53(49)56(83-59(54)67-40-66-58)42-8-10-45(63)11-9-42)80-37-46-16-19-65-57(68-46)43-14-17-61(64,18-15-43)39-78-33-32-77-31-30-76-29-28-75-27-26-74-25-24-73-5/h2,8-14,16,19,34,40,48,52H,6,15,17-18,20-33,35-39H2,1,3-5H3,(H,71,72)/b49-41+,55-50-/t48-,52-,61+/m1/s1. The third-order valence-corrected chi connectivity index (χ3v) is 15.9. The molecule has 5 aromatic rings. The lowest BCUT2D eigenvalue weighted by Gasteiger charge is -2.34. The summed E-state index contributed by atoms with van der Waals surface area (Å²) in [5.41, 5.74) is 2.91. The smallest absolute Gasteiger partial charge is 0.345 e. The maximum atomic E-state index is 15.9. The molecule has 83 heavy (non-hydrogen) atoms. The molecule has 1 fully saturated rings. The van der Waals surface area contributed by atoms with E-state index < -0.39 is 29.7 Å². The summed E-state index contributed by atoms with van der Waals surface area (Å²) in [6.07, 6.45) is 9.90. The molecule has 0 unspecified atom stereocenters. The Bertz CT molecular complexity index is 3080. The quantitative estimate of drug-likeness (QED) is 0.0407. The lowest BCUT2D eigenvalue weighted by molar-refractivity contribution is -0.145. The van der Waals surface area contributed by atoms with Crippen LogP contribution in [0.5, 0.6) is 17.4 Å². The van der Waals surface area contributed by atoms with Crippen LogP contribution in [-0.4, -0.2) is 185 Å². The van der Waals surface area contributed by atoms with Crippen molar-refractivity contribution in [3.63, 3.8) is 0 Å². The molecule has 18 nitrogen and oxygen atoms in total. The molecule has 446 valence electrons. The van der Waals surface area contributed by atoms with Gasteiger partial charge in [0.1, 0.15) is 53.5 Å². The Balaban J connectivity index is 0.983. The Morgan fingerprint density at radius 3 is 2.28 bits per heavy atom. The van der Waals surface area contributed by atoms with Crippen LogP contribution in [0.4, 0.5) is 8.78 Å². The van der Waals surface area contributed by atoms with Crippen molar-refractivity contribution >= 4 is 50.3 Å². The van der Waals surface area contributed by atoms with Crippen molar-refractivity contribution in [1.82, 2.24) is 29.7 Å². The number of rotatable bonds is 26. The third kappa shape index (κ3) is 17.9. The van der Waals surface area contributed by atoms with Gasteiger partial charge in [0.05, 0.1) is 88.8 Å². The molecule has 3 aromatic heterocycles. The number of carboxylic acid groups (broad SMARTS) is 1. The molecular weight excluding hydrogens is 1110 g/mol. The summed E-state index contributed by atoms with van der Waals surface area (Å²) in [5, 5.41) is 11.6. The molecule has 5 heterocycles. The van der Waals surface area contributed by atoms with Crippen LogP contribution in [0.25, 0.3) is 31.8 Å². The van der Waals surface area contributed by atoms with Gasteiger partial charge in [0.25, 0.3) is 0 Å². The number of terminal acetylenes is 1. The highest BCUT2D eigenvalue weighted by atomic mass is 35.5. The van der Waals surface area contributed by atoms with E-state index in [1.807, 2.05) is 19.9 Å². The van der Waals surface area contributed by atoms with Crippen LogP contribution in [0.2, 0.25) is 0 Å². The second kappa shape index (κ2) is 31.7. The van der Waals surface area contributed by atoms with Gasteiger partial charge in [-0.15, -0.1) is 17.8 Å². The Morgan fingerprint density at radius 1 is 0.928 bits per heavy atom. The number of fused-ring (bicyclic) bond motifs is 2. The maximum absolute atomic E-state index is 15.9. The van der Waals surface area contributed by atoms with Crippen molar-refractivity contribution in [1.29, 1.82) is 0 Å². The number of ether oxygens (including phenoxy) is 10. The van der Waals surface area contributed by atoms with Crippen LogP contribution in [0.3, 0.4) is 0 Å². The summed E-state index contributed by atoms with van der Waals surface area (Å²) >= 11 is 8.64. The molecule has 0 saturated carbocycles. The molecule has 2 bridgehead atoms. The first-order chi connectivity index (χ1) is 40.3. The fourth-order valence-electron chi connectivity index (χ4n) is 9.69. The average molecular weight is 1190 g/mol. The van der Waals surface area contributed by atoms with Gasteiger partial charge in [0, 0.05) is 74.9 Å². The van der Waals surface area contributed by atoms with E-state index in [-0.39, 0.29) is 62.4 Å². The number of benzene rings is 2. The van der Waals surface area contributed by atoms with Gasteiger partial charge in [0.2, 0.25) is 12.0 Å². The first-order valence-corrected chi connectivity index (χ1v) is 29.1. The molecule has 1 aliphatic carbocycles. The highest BCUT2D eigenvalue weighted by Gasteiger charge is 2.34. The zero-order valence-corrected chi connectivity index (χ0v) is 49.1. The number of hydrogen-bond acceptors (Lipinski definition) is 18. The van der Waals surface area contributed by atoms with Gasteiger partial charge in [-0.25, -0.2) is 33.5 Å². The molecule has 2 aliphatic heterocycles. The summed E-state index contributed by atoms with van der Waals surface area (Å²) in [5.74, 6) is 2.39. The second-order valence-electron chi connectivity index (χ2n) is 20.2. The number of aliphatic carboxylic acids is 1. The minimum Gasteiger partial charge on any atom is -0.490 e. The number of hydrogen-bond donors (Lipinski definition) is 1. The van der Waals surface area contributed by atoms with Gasteiger partial charge in [-0.3, -0.25) is 4.90 Å². The van der Waals surface area contributed by atoms with E-state index in [9.17, 15) is 14.3 Å². The number of alkyl halides is 1. The minimum atomic E-state index is -1.55. The van der Waals surface area contributed by atoms with Gasteiger partial charge in [-0.1, -0.05) is 36.7 Å². The highest BCUT2D eigenvalue weighted by molar-refractivity contribution is 7.22. The molecule has 2 aromatic carbocycles. The third-order valence-electron chi connectivity index (χ3n) is 14.3. The largest absolute Gasteiger partial charge is 0.490 e. The molecule has 22 heteroatoms. The van der Waals surface area contributed by atoms with Crippen molar-refractivity contribution in [2.45, 2.75) is 70.4 Å². The van der Waals surface area contributed by atoms with Crippen LogP contribution >= 0.6 is 22.9 Å². The zero-order valence-electron chi connectivity index (χ0n) is 47.5. The number of aromatic nitrogens is 4. The molecule has 0 amide bonds. The summed E-state index contributed by atoms with van der Waals surface area (Å²) in [7, 11) is 3.71. The molecule has 0 spiro atoms. The van der Waals surface area contributed by atoms with E-state index >= 15 is 4.39 Å². The number of thiophene rings is 1. The van der Waals surface area contributed by atoms with Crippen molar-refractivity contribution in [2.75, 3.05) is 126 Å². The normalized spacial score (nSPS) is 21.1. The highest BCUT2D eigenvalue weighted by Crippen LogP contribution is 2.48. The number of halogens is 3. The van der Waals surface area contributed by atoms with Gasteiger partial charge < -0.3 is 57.4 Å². The van der Waals surface area contributed by atoms with E-state index in [1.54, 1.807) is 49.7 Å². The summed E-state index contributed by atoms with van der Waals surface area (Å²) < 4.78 is 89.1. The SMILES string of the molecule is C#C/C1=C(Cl)\C(C)=C(/CC)c2c(-c3ccc(F)cc3)sc3ncnc(c23)O[C@@H](C(=O)O)Cc2cc(ccc2OCc2ccnc(C3=CC[C@@](F)(COCCOCCOCCOCCOCCOC)CC3)n2)OC[C@@H](CN2CCN(C)CC2)O1. The van der Waals surface area contributed by atoms with Crippen molar-refractivity contribution in [3.8, 4) is 40.2 Å². The van der Waals surface area contributed by atoms with E-state index in [0.717, 1.165) is 37.3 Å². The second-order valence-corrected chi connectivity index (χ2v) is 21.6. The molecular formula is C61H73ClF2N6O12S. The van der Waals surface area contributed by atoms with Crippen molar-refractivity contribution in [3.05, 3.63) is 112 Å². The summed E-state index contributed by atoms with van der Waals surface area (Å²) in [4.78, 5) is 37.7. The number of likely N-dealkylation sites (N-methyl/N-ethyl adjacent to an activating group) is 1. The van der Waals surface area contributed by atoms with Gasteiger partial charge in [-0.2, -0.15) is 0 Å². The lowest BCUT2D eigenvalue weighted by Crippen LogP contribution is -2.48. The number of methoxy groups -OCH3 is 1. The Hall–Kier alpha value is -6.16. The predicted molar refractivity (Wildman–Crippen MR) is 312 cm³/mol. The molecule has 1 saturated heterocycles. The first kappa shape index (κ1) is 62.9. The van der Waals surface area contributed by atoms with E-state index in [0.29, 0.717) is 139 Å². The zero-order chi connectivity index (χ0) is 58.6. The number of carbonyl (C=O) groups is 1. The Morgan fingerprint density at radius 2 is 1.63 bits per heavy atom. The van der Waals surface area contributed by atoms with E-state index in [4.69, 9.17) is 70.4 Å². The summed E-state index contributed by atoms with van der Waals surface area (Å²) in [6, 6.07) is 13.0. The molecule has 3 atom stereocenters. The maximum Gasteiger partial charge on any atom is 0.345 e. The van der Waals surface area contributed by atoms with Crippen LogP contribution < -0.4 is 14.2 Å². The van der Waals surface area contributed by atoms with Crippen molar-refractivity contribution < 1.29 is 66.1 Å². The number of nitrogens with zero attached hydrogens (tertiary/aromatic N) is 6. The number of piperazine rings is 1. The fraction of sp³-hybridized carbons (Fsp3) is 0.492. The lowest BCUT2D eigenvalue weighted by atomic mass is 9.87. The minimum absolute atomic E-state index is 0.0154. The average Bonchev–Trinajstić information content (AvgIpc) is 2.37. The van der Waals surface area contributed by atoms with Crippen LogP contribution in [0.15, 0.2) is 83.5 Å². The van der Waals surface area contributed by atoms with Gasteiger partial charge in [0.15, 0.2) is 11.6 Å². The monoisotopic (exact) mass is 1190 g/mol. The van der Waals surface area contributed by atoms with E-state index in [2.05, 4.69) is 37.7 Å². The Kier molecular flexibility index (Phi) is 24.0. The van der Waals surface area contributed by atoms with Gasteiger partial charge >= 0.3 is 5.97 Å². The molecule has 8 rings (SSSR count). The molecule has 1 N–H and O–H groups in total. The van der Waals surface area contributed by atoms with Crippen LogP contribution in [-0.2, 0) is 51.0 Å². The number of carboxylic acids is 1. The predicted octanol–water partition coefficient (Wildman–Crippen LogP) is 9.24. The summed E-state index contributed by atoms with van der Waals surface area (Å²) in [6.45, 7) is 11.9. The van der Waals surface area contributed by atoms with Crippen LogP contribution in [0.1, 0.15) is 62.2 Å².